The molecule has 1 aromatic heterocycles. The van der Waals surface area contributed by atoms with E-state index in [0.29, 0.717) is 20.9 Å². The molecule has 0 aliphatic heterocycles. The maximum atomic E-state index is 12.5. The Balaban J connectivity index is 1.59. The summed E-state index contributed by atoms with van der Waals surface area (Å²) < 4.78 is 1.96. The summed E-state index contributed by atoms with van der Waals surface area (Å²) in [6, 6.07) is 22.9. The number of rotatable bonds is 6. The molecule has 0 bridgehead atoms. The van der Waals surface area contributed by atoms with E-state index >= 15 is 0 Å². The number of nitrogens with zero attached hydrogens (tertiary/aromatic N) is 3. The Morgan fingerprint density at radius 3 is 2.42 bits per heavy atom. The third-order valence-electron chi connectivity index (χ3n) is 4.40. The highest BCUT2D eigenvalue weighted by molar-refractivity contribution is 7.99. The van der Waals surface area contributed by atoms with E-state index in [1.165, 1.54) is 11.8 Å². The highest BCUT2D eigenvalue weighted by Gasteiger charge is 2.17. The Morgan fingerprint density at radius 2 is 1.71 bits per heavy atom. The van der Waals surface area contributed by atoms with E-state index in [0.717, 1.165) is 22.6 Å². The van der Waals surface area contributed by atoms with Crippen LogP contribution in [0.2, 0.25) is 10.0 Å². The van der Waals surface area contributed by atoms with Crippen LogP contribution >= 0.6 is 35.0 Å². The van der Waals surface area contributed by atoms with Gasteiger partial charge >= 0.3 is 0 Å². The second-order valence-corrected chi connectivity index (χ2v) is 8.66. The number of carbonyl (C=O) groups excluding carboxylic acids is 1. The van der Waals surface area contributed by atoms with Crippen molar-refractivity contribution in [3.63, 3.8) is 0 Å². The van der Waals surface area contributed by atoms with Crippen molar-refractivity contribution in [3.05, 3.63) is 88.4 Å². The molecule has 156 valence electrons. The van der Waals surface area contributed by atoms with Gasteiger partial charge in [0.25, 0.3) is 0 Å². The van der Waals surface area contributed by atoms with Gasteiger partial charge in [0.2, 0.25) is 5.91 Å². The third kappa shape index (κ3) is 5.28. The minimum atomic E-state index is -0.192. The van der Waals surface area contributed by atoms with Crippen LogP contribution in [0, 0.1) is 6.92 Å². The average molecular weight is 469 g/mol. The molecule has 0 saturated carbocycles. The van der Waals surface area contributed by atoms with Crippen molar-refractivity contribution < 1.29 is 4.79 Å². The third-order valence-corrected chi connectivity index (χ3v) is 5.77. The summed E-state index contributed by atoms with van der Waals surface area (Å²) >= 11 is 13.3. The van der Waals surface area contributed by atoms with Gasteiger partial charge in [-0.2, -0.15) is 0 Å². The molecule has 4 aromatic rings. The normalized spacial score (nSPS) is 10.8. The molecule has 5 nitrogen and oxygen atoms in total. The van der Waals surface area contributed by atoms with Crippen molar-refractivity contribution in [2.75, 3.05) is 11.1 Å². The van der Waals surface area contributed by atoms with Crippen LogP contribution in [0.25, 0.3) is 17.1 Å². The number of amides is 1. The van der Waals surface area contributed by atoms with Crippen molar-refractivity contribution in [2.24, 2.45) is 0 Å². The van der Waals surface area contributed by atoms with E-state index in [-0.39, 0.29) is 11.7 Å². The van der Waals surface area contributed by atoms with Gasteiger partial charge in [-0.3, -0.25) is 9.36 Å². The number of thioether (sulfide) groups is 1. The van der Waals surface area contributed by atoms with E-state index in [1.54, 1.807) is 18.2 Å². The van der Waals surface area contributed by atoms with Crippen molar-refractivity contribution in [3.8, 4) is 17.1 Å². The molecule has 0 saturated heterocycles. The first-order valence-electron chi connectivity index (χ1n) is 9.46. The molecule has 1 amide bonds. The van der Waals surface area contributed by atoms with Gasteiger partial charge in [0.1, 0.15) is 0 Å². The summed E-state index contributed by atoms with van der Waals surface area (Å²) in [5.74, 6) is 0.686. The van der Waals surface area contributed by atoms with Crippen LogP contribution in [0.5, 0.6) is 0 Å². The molecule has 0 fully saturated rings. The predicted molar refractivity (Wildman–Crippen MR) is 127 cm³/mol. The minimum absolute atomic E-state index is 0.156. The van der Waals surface area contributed by atoms with E-state index in [9.17, 15) is 4.79 Å². The van der Waals surface area contributed by atoms with E-state index in [2.05, 4.69) is 21.6 Å². The zero-order valence-electron chi connectivity index (χ0n) is 16.5. The Hall–Kier alpha value is -2.80. The Morgan fingerprint density at radius 1 is 0.968 bits per heavy atom. The molecule has 1 N–H and O–H groups in total. The predicted octanol–water partition coefficient (Wildman–Crippen LogP) is 6.28. The van der Waals surface area contributed by atoms with Gasteiger partial charge in [-0.05, 0) is 43.3 Å². The van der Waals surface area contributed by atoms with Crippen LogP contribution < -0.4 is 5.32 Å². The molecule has 4 rings (SSSR count). The smallest absolute Gasteiger partial charge is 0.234 e. The monoisotopic (exact) mass is 468 g/mol. The molecule has 3 aromatic carbocycles. The zero-order chi connectivity index (χ0) is 21.8. The lowest BCUT2D eigenvalue weighted by atomic mass is 10.1. The van der Waals surface area contributed by atoms with Crippen molar-refractivity contribution in [2.45, 2.75) is 12.1 Å². The maximum absolute atomic E-state index is 12.5. The van der Waals surface area contributed by atoms with Crippen LogP contribution in [-0.2, 0) is 4.79 Å². The van der Waals surface area contributed by atoms with Crippen molar-refractivity contribution >= 4 is 46.6 Å². The van der Waals surface area contributed by atoms with Crippen LogP contribution in [0.1, 0.15) is 5.56 Å². The first-order valence-corrected chi connectivity index (χ1v) is 11.2. The maximum Gasteiger partial charge on any atom is 0.234 e. The molecule has 8 heteroatoms. The van der Waals surface area contributed by atoms with E-state index in [4.69, 9.17) is 23.2 Å². The van der Waals surface area contributed by atoms with Gasteiger partial charge in [-0.1, -0.05) is 76.9 Å². The van der Waals surface area contributed by atoms with Gasteiger partial charge in [-0.15, -0.1) is 10.2 Å². The molecule has 1 heterocycles. The standard InChI is InChI=1S/C23H18Cl2N4OS/c1-15-6-5-7-16(10-15)22-27-28-23(29(22)20-8-3-2-4-9-20)31-14-21(30)26-19-12-17(24)11-18(25)13-19/h2-13H,14H2,1H3,(H,26,30). The fourth-order valence-electron chi connectivity index (χ4n) is 3.10. The number of aryl methyl sites for hydroxylation is 1. The highest BCUT2D eigenvalue weighted by Crippen LogP contribution is 2.29. The lowest BCUT2D eigenvalue weighted by Gasteiger charge is -2.11. The van der Waals surface area contributed by atoms with Crippen molar-refractivity contribution in [1.29, 1.82) is 0 Å². The van der Waals surface area contributed by atoms with Gasteiger partial charge < -0.3 is 5.32 Å². The number of halogens is 2. The number of aromatic nitrogens is 3. The molecule has 0 aliphatic rings. The van der Waals surface area contributed by atoms with Crippen LogP contribution in [-0.4, -0.2) is 26.4 Å². The summed E-state index contributed by atoms with van der Waals surface area (Å²) in [6.45, 7) is 2.04. The molecular weight excluding hydrogens is 451 g/mol. The summed E-state index contributed by atoms with van der Waals surface area (Å²) in [5.41, 5.74) is 3.57. The second-order valence-electron chi connectivity index (χ2n) is 6.84. The fourth-order valence-corrected chi connectivity index (χ4v) is 4.38. The number of benzene rings is 3. The molecule has 0 spiro atoms. The Bertz CT molecular complexity index is 1210. The summed E-state index contributed by atoms with van der Waals surface area (Å²) in [4.78, 5) is 12.5. The first kappa shape index (κ1) is 21.4. The summed E-state index contributed by atoms with van der Waals surface area (Å²) in [7, 11) is 0. The van der Waals surface area contributed by atoms with Gasteiger partial charge in [0, 0.05) is 27.0 Å². The largest absolute Gasteiger partial charge is 0.325 e. The first-order chi connectivity index (χ1) is 15.0. The molecule has 31 heavy (non-hydrogen) atoms. The van der Waals surface area contributed by atoms with Crippen LogP contribution in [0.15, 0.2) is 78.0 Å². The average Bonchev–Trinajstić information content (AvgIpc) is 3.16. The van der Waals surface area contributed by atoms with Crippen LogP contribution in [0.3, 0.4) is 0 Å². The SMILES string of the molecule is Cc1cccc(-c2nnc(SCC(=O)Nc3cc(Cl)cc(Cl)c3)n2-c2ccccc2)c1. The topological polar surface area (TPSA) is 59.8 Å². The van der Waals surface area contributed by atoms with Crippen LogP contribution in [0.4, 0.5) is 5.69 Å². The molecule has 0 atom stereocenters. The number of nitrogens with one attached hydrogen (secondary N) is 1. The van der Waals surface area contributed by atoms with Gasteiger partial charge in [-0.25, -0.2) is 0 Å². The quantitative estimate of drug-likeness (QED) is 0.338. The van der Waals surface area contributed by atoms with Crippen molar-refractivity contribution in [1.82, 2.24) is 14.8 Å². The minimum Gasteiger partial charge on any atom is -0.325 e. The number of para-hydroxylation sites is 1. The summed E-state index contributed by atoms with van der Waals surface area (Å²) in [5, 5.41) is 13.1. The zero-order valence-corrected chi connectivity index (χ0v) is 18.9. The fraction of sp³-hybridized carbons (Fsp3) is 0.0870. The molecular formula is C23H18Cl2N4OS. The van der Waals surface area contributed by atoms with Gasteiger partial charge in [0.05, 0.1) is 5.75 Å². The Kier molecular flexibility index (Phi) is 6.61. The lowest BCUT2D eigenvalue weighted by Crippen LogP contribution is -2.14. The lowest BCUT2D eigenvalue weighted by molar-refractivity contribution is -0.113. The van der Waals surface area contributed by atoms with E-state index in [1.807, 2.05) is 60.0 Å². The number of hydrogen-bond acceptors (Lipinski definition) is 4. The molecule has 0 unspecified atom stereocenters. The summed E-state index contributed by atoms with van der Waals surface area (Å²) in [6.07, 6.45) is 0. The number of anilines is 1. The highest BCUT2D eigenvalue weighted by atomic mass is 35.5. The van der Waals surface area contributed by atoms with E-state index < -0.39 is 0 Å². The number of carbonyl (C=O) groups is 1. The molecule has 0 aliphatic carbocycles. The second kappa shape index (κ2) is 9.56. The number of hydrogen-bond donors (Lipinski definition) is 1. The van der Waals surface area contributed by atoms with Gasteiger partial charge in [0.15, 0.2) is 11.0 Å². The Labute approximate surface area is 194 Å². The molecule has 0 radical (unpaired) electrons.